The van der Waals surface area contributed by atoms with Crippen molar-refractivity contribution in [3.63, 3.8) is 0 Å². The molecule has 1 aliphatic heterocycles. The highest BCUT2D eigenvalue weighted by atomic mass is 32.2. The minimum atomic E-state index is -0.849. The van der Waals surface area contributed by atoms with Gasteiger partial charge in [-0.3, -0.25) is 14.4 Å². The second-order valence-corrected chi connectivity index (χ2v) is 12.0. The highest BCUT2D eigenvalue weighted by molar-refractivity contribution is 8.14. The maximum atomic E-state index is 13.5. The fraction of sp³-hybridized carbons (Fsp3) is 0.324. The van der Waals surface area contributed by atoms with Crippen LogP contribution in [0.15, 0.2) is 78.9 Å². The zero-order valence-corrected chi connectivity index (χ0v) is 26.2. The first-order chi connectivity index (χ1) is 21.6. The molecule has 1 fully saturated rings. The van der Waals surface area contributed by atoms with Crippen LogP contribution >= 0.6 is 11.8 Å². The molecule has 0 bridgehead atoms. The lowest BCUT2D eigenvalue weighted by Gasteiger charge is -2.30. The topological polar surface area (TPSA) is 128 Å². The number of esters is 1. The van der Waals surface area contributed by atoms with E-state index in [1.54, 1.807) is 24.3 Å². The van der Waals surface area contributed by atoms with Crippen molar-refractivity contribution in [2.75, 3.05) is 13.7 Å². The summed E-state index contributed by atoms with van der Waals surface area (Å²) in [5.41, 5.74) is 3.51. The van der Waals surface area contributed by atoms with Crippen LogP contribution < -0.4 is 10.1 Å². The lowest BCUT2D eigenvalue weighted by Crippen LogP contribution is -2.48. The first kappa shape index (κ1) is 33.3. The van der Waals surface area contributed by atoms with Gasteiger partial charge in [-0.25, -0.2) is 9.59 Å². The normalized spacial score (nSPS) is 16.4. The minimum absolute atomic E-state index is 0.0764. The largest absolute Gasteiger partial charge is 0.514 e. The van der Waals surface area contributed by atoms with Crippen molar-refractivity contribution in [3.8, 4) is 5.75 Å². The molecule has 1 aliphatic rings. The number of aryl methyl sites for hydroxylation is 1. The van der Waals surface area contributed by atoms with Crippen LogP contribution in [-0.2, 0) is 41.7 Å². The fourth-order valence-electron chi connectivity index (χ4n) is 5.15. The zero-order valence-electron chi connectivity index (χ0n) is 25.4. The maximum Gasteiger partial charge on any atom is 0.514 e. The predicted octanol–water partition coefficient (Wildman–Crippen LogP) is 4.92. The predicted molar refractivity (Wildman–Crippen MR) is 168 cm³/mol. The molecule has 3 aromatic rings. The van der Waals surface area contributed by atoms with E-state index in [4.69, 9.17) is 14.2 Å². The van der Waals surface area contributed by atoms with E-state index in [2.05, 4.69) is 5.32 Å². The molecule has 1 heterocycles. The van der Waals surface area contributed by atoms with Gasteiger partial charge in [0.1, 0.15) is 18.4 Å². The summed E-state index contributed by atoms with van der Waals surface area (Å²) in [6, 6.07) is 22.4. The average Bonchev–Trinajstić information content (AvgIpc) is 3.49. The van der Waals surface area contributed by atoms with E-state index in [-0.39, 0.29) is 36.5 Å². The molecule has 0 spiro atoms. The van der Waals surface area contributed by atoms with Gasteiger partial charge in [0.05, 0.1) is 24.9 Å². The first-order valence-corrected chi connectivity index (χ1v) is 15.4. The van der Waals surface area contributed by atoms with E-state index in [1.165, 1.54) is 18.9 Å². The third-order valence-electron chi connectivity index (χ3n) is 7.37. The van der Waals surface area contributed by atoms with Crippen LogP contribution in [0.4, 0.5) is 4.79 Å². The lowest BCUT2D eigenvalue weighted by atomic mass is 10.0. The molecule has 2 unspecified atom stereocenters. The first-order valence-electron chi connectivity index (χ1n) is 14.5. The Hall–Kier alpha value is -4.64. The van der Waals surface area contributed by atoms with Gasteiger partial charge in [-0.15, -0.1) is 0 Å². The number of amides is 2. The van der Waals surface area contributed by atoms with Crippen LogP contribution in [0.1, 0.15) is 48.1 Å². The highest BCUT2D eigenvalue weighted by Gasteiger charge is 2.42. The SMILES string of the molecule is COC(=O)C1CCC(c2ccc(C)cc2)N1C(=O)CNC(=O)[C@H](Cc1ccc(OC(=O)OCc2ccccc2)cc1)SC(C)=O. The Kier molecular flexibility index (Phi) is 11.7. The van der Waals surface area contributed by atoms with Gasteiger partial charge in [-0.2, -0.15) is 0 Å². The second kappa shape index (κ2) is 15.9. The van der Waals surface area contributed by atoms with Gasteiger partial charge in [0.2, 0.25) is 11.8 Å². The van der Waals surface area contributed by atoms with Crippen LogP contribution in [0, 0.1) is 6.92 Å². The van der Waals surface area contributed by atoms with E-state index in [0.717, 1.165) is 28.5 Å². The zero-order chi connectivity index (χ0) is 32.3. The molecule has 3 atom stereocenters. The smallest absolute Gasteiger partial charge is 0.467 e. The number of carbonyl (C=O) groups excluding carboxylic acids is 5. The average molecular weight is 633 g/mol. The van der Waals surface area contributed by atoms with Crippen LogP contribution in [0.2, 0.25) is 0 Å². The fourth-order valence-corrected chi connectivity index (χ4v) is 6.01. The summed E-state index contributed by atoms with van der Waals surface area (Å²) >= 11 is 0.858. The van der Waals surface area contributed by atoms with E-state index in [9.17, 15) is 24.0 Å². The van der Waals surface area contributed by atoms with Gasteiger partial charge in [-0.05, 0) is 55.0 Å². The van der Waals surface area contributed by atoms with Crippen LogP contribution in [-0.4, -0.2) is 58.9 Å². The molecule has 1 saturated heterocycles. The molecule has 0 aliphatic carbocycles. The number of methoxy groups -OCH3 is 1. The van der Waals surface area contributed by atoms with E-state index >= 15 is 0 Å². The number of ether oxygens (including phenoxy) is 3. The summed E-state index contributed by atoms with van der Waals surface area (Å²) < 4.78 is 15.3. The Morgan fingerprint density at radius 3 is 2.24 bits per heavy atom. The van der Waals surface area contributed by atoms with Crippen molar-refractivity contribution in [1.82, 2.24) is 10.2 Å². The van der Waals surface area contributed by atoms with Crippen molar-refractivity contribution in [3.05, 3.63) is 101 Å². The van der Waals surface area contributed by atoms with Gasteiger partial charge >= 0.3 is 12.1 Å². The van der Waals surface area contributed by atoms with Gasteiger partial charge in [0, 0.05) is 6.92 Å². The van der Waals surface area contributed by atoms with Crippen molar-refractivity contribution in [1.29, 1.82) is 0 Å². The van der Waals surface area contributed by atoms with Crippen molar-refractivity contribution < 1.29 is 38.2 Å². The summed E-state index contributed by atoms with van der Waals surface area (Å²) in [5.74, 6) is -1.16. The van der Waals surface area contributed by atoms with E-state index in [1.807, 2.05) is 61.5 Å². The molecule has 11 heteroatoms. The molecule has 3 aromatic carbocycles. The van der Waals surface area contributed by atoms with Gasteiger partial charge in [0.25, 0.3) is 0 Å². The summed E-state index contributed by atoms with van der Waals surface area (Å²) in [5, 5.41) is 1.59. The quantitative estimate of drug-likeness (QED) is 0.231. The molecule has 0 aromatic heterocycles. The number of hydrogen-bond acceptors (Lipinski definition) is 9. The Labute approximate surface area is 266 Å². The molecular weight excluding hydrogens is 596 g/mol. The van der Waals surface area contributed by atoms with Gasteiger partial charge in [-0.1, -0.05) is 84.1 Å². The monoisotopic (exact) mass is 632 g/mol. The minimum Gasteiger partial charge on any atom is -0.467 e. The molecule has 1 N–H and O–H groups in total. The van der Waals surface area contributed by atoms with Crippen molar-refractivity contribution in [2.24, 2.45) is 0 Å². The summed E-state index contributed by atoms with van der Waals surface area (Å²) in [4.78, 5) is 64.8. The Balaban J connectivity index is 1.36. The number of carbonyl (C=O) groups is 5. The number of nitrogens with zero attached hydrogens (tertiary/aromatic N) is 1. The number of benzene rings is 3. The summed E-state index contributed by atoms with van der Waals surface area (Å²) in [6.07, 6.45) is 0.356. The van der Waals surface area contributed by atoms with Crippen LogP contribution in [0.25, 0.3) is 0 Å². The number of thioether (sulfide) groups is 1. The van der Waals surface area contributed by atoms with Crippen molar-refractivity contribution >= 4 is 40.8 Å². The molecule has 45 heavy (non-hydrogen) atoms. The third-order valence-corrected chi connectivity index (χ3v) is 8.37. The molecule has 2 amide bonds. The number of rotatable bonds is 11. The molecule has 4 rings (SSSR count). The van der Waals surface area contributed by atoms with Crippen LogP contribution in [0.5, 0.6) is 5.75 Å². The van der Waals surface area contributed by atoms with Crippen LogP contribution in [0.3, 0.4) is 0 Å². The Morgan fingerprint density at radius 1 is 0.911 bits per heavy atom. The van der Waals surface area contributed by atoms with E-state index in [0.29, 0.717) is 18.4 Å². The maximum absolute atomic E-state index is 13.5. The number of nitrogens with one attached hydrogen (secondary N) is 1. The third kappa shape index (κ3) is 9.42. The lowest BCUT2D eigenvalue weighted by molar-refractivity contribution is -0.152. The van der Waals surface area contributed by atoms with E-state index < -0.39 is 35.2 Å². The van der Waals surface area contributed by atoms with Crippen molar-refractivity contribution in [2.45, 2.75) is 57.1 Å². The molecule has 0 radical (unpaired) electrons. The molecule has 236 valence electrons. The standard InChI is InChI=1S/C34H36N2O8S/c1-22-9-13-26(14-10-22)28-17-18-29(33(40)42-3)36(28)31(38)20-35-32(39)30(45-23(2)37)19-24-11-15-27(16-12-24)44-34(41)43-21-25-7-5-4-6-8-25/h4-16,28-30H,17-21H2,1-3H3,(H,35,39)/t28?,29?,30-/m0/s1. The molecular formula is C34H36N2O8S. The Bertz CT molecular complexity index is 1490. The summed E-state index contributed by atoms with van der Waals surface area (Å²) in [7, 11) is 1.28. The second-order valence-electron chi connectivity index (χ2n) is 10.6. The van der Waals surface area contributed by atoms with Gasteiger partial charge in [0.15, 0.2) is 5.12 Å². The highest BCUT2D eigenvalue weighted by Crippen LogP contribution is 2.37. The molecule has 10 nitrogen and oxygen atoms in total. The van der Waals surface area contributed by atoms with Gasteiger partial charge < -0.3 is 24.4 Å². The molecule has 0 saturated carbocycles. The number of hydrogen-bond donors (Lipinski definition) is 1. The summed E-state index contributed by atoms with van der Waals surface area (Å²) in [6.45, 7) is 3.07. The Morgan fingerprint density at radius 2 is 1.60 bits per heavy atom. The number of likely N-dealkylation sites (tertiary alicyclic amines) is 1.